The van der Waals surface area contributed by atoms with Crippen molar-refractivity contribution >= 4 is 17.2 Å². The van der Waals surface area contributed by atoms with Crippen LogP contribution in [-0.4, -0.2) is 15.2 Å². The molecule has 0 aliphatic heterocycles. The van der Waals surface area contributed by atoms with E-state index in [0.717, 1.165) is 22.0 Å². The zero-order valence-corrected chi connectivity index (χ0v) is 12.2. The summed E-state index contributed by atoms with van der Waals surface area (Å²) in [4.78, 5) is 5.63. The molecule has 0 saturated heterocycles. The van der Waals surface area contributed by atoms with Crippen LogP contribution in [0, 0.1) is 39.0 Å². The Labute approximate surface area is 116 Å². The Kier molecular flexibility index (Phi) is 3.76. The smallest absolute Gasteiger partial charge is 0.167 e. The largest absolute Gasteiger partial charge is 0.362 e. The number of rotatable bonds is 3. The first-order valence-corrected chi connectivity index (χ1v) is 6.75. The number of hydrogen-bond donors (Lipinski definition) is 1. The number of aromatic nitrogens is 3. The molecule has 0 spiro atoms. The van der Waals surface area contributed by atoms with Gasteiger partial charge in [-0.15, -0.1) is 16.4 Å². The first kappa shape index (κ1) is 13.4. The van der Waals surface area contributed by atoms with Gasteiger partial charge in [0.1, 0.15) is 11.6 Å². The molecular weight excluding hydrogens is 258 g/mol. The fourth-order valence-corrected chi connectivity index (χ4v) is 2.61. The van der Waals surface area contributed by atoms with E-state index in [-0.39, 0.29) is 0 Å². The molecule has 2 aromatic heterocycles. The van der Waals surface area contributed by atoms with Crippen molar-refractivity contribution in [3.63, 3.8) is 0 Å². The molecule has 0 radical (unpaired) electrons. The summed E-state index contributed by atoms with van der Waals surface area (Å²) < 4.78 is 0. The van der Waals surface area contributed by atoms with E-state index in [1.807, 2.05) is 27.7 Å². The van der Waals surface area contributed by atoms with Crippen LogP contribution in [0.1, 0.15) is 32.4 Å². The summed E-state index contributed by atoms with van der Waals surface area (Å²) in [5.74, 6) is 0.524. The fraction of sp³-hybridized carbons (Fsp3) is 0.385. The average Bonchev–Trinajstić information content (AvgIpc) is 2.69. The van der Waals surface area contributed by atoms with Crippen LogP contribution in [0.25, 0.3) is 0 Å². The predicted octanol–water partition coefficient (Wildman–Crippen LogP) is 2.65. The van der Waals surface area contributed by atoms with Gasteiger partial charge in [-0.1, -0.05) is 0 Å². The number of nitriles is 1. The van der Waals surface area contributed by atoms with Crippen molar-refractivity contribution in [1.29, 1.82) is 5.26 Å². The summed E-state index contributed by atoms with van der Waals surface area (Å²) in [6.45, 7) is 8.31. The molecule has 0 aliphatic carbocycles. The van der Waals surface area contributed by atoms with Crippen molar-refractivity contribution in [2.45, 2.75) is 34.2 Å². The van der Waals surface area contributed by atoms with Crippen molar-refractivity contribution in [3.8, 4) is 6.07 Å². The Balaban J connectivity index is 2.23. The van der Waals surface area contributed by atoms with Crippen molar-refractivity contribution in [2.75, 3.05) is 5.32 Å². The van der Waals surface area contributed by atoms with Crippen LogP contribution >= 0.6 is 11.3 Å². The van der Waals surface area contributed by atoms with Gasteiger partial charge in [0.05, 0.1) is 22.9 Å². The molecule has 2 aromatic rings. The van der Waals surface area contributed by atoms with Gasteiger partial charge in [0.15, 0.2) is 5.82 Å². The maximum Gasteiger partial charge on any atom is 0.167 e. The van der Waals surface area contributed by atoms with E-state index in [2.05, 4.69) is 26.6 Å². The van der Waals surface area contributed by atoms with E-state index >= 15 is 0 Å². The molecule has 0 aliphatic rings. The van der Waals surface area contributed by atoms with Crippen LogP contribution in [0.2, 0.25) is 0 Å². The van der Waals surface area contributed by atoms with Crippen LogP contribution in [0.5, 0.6) is 0 Å². The Morgan fingerprint density at radius 3 is 2.53 bits per heavy atom. The van der Waals surface area contributed by atoms with Gasteiger partial charge in [0.25, 0.3) is 0 Å². The third kappa shape index (κ3) is 2.71. The minimum absolute atomic E-state index is 0.524. The zero-order valence-electron chi connectivity index (χ0n) is 11.4. The van der Waals surface area contributed by atoms with Crippen LogP contribution in [-0.2, 0) is 6.54 Å². The van der Waals surface area contributed by atoms with E-state index in [9.17, 15) is 5.26 Å². The standard InChI is InChI=1S/C13H15N5S/c1-7-8(2)17-18-13(11(7)5-14)15-6-12-9(3)19-10(4)16-12/h6H2,1-4H3,(H,15,18). The summed E-state index contributed by atoms with van der Waals surface area (Å²) in [6, 6.07) is 2.18. The van der Waals surface area contributed by atoms with Crippen LogP contribution in [0.4, 0.5) is 5.82 Å². The quantitative estimate of drug-likeness (QED) is 0.930. The van der Waals surface area contributed by atoms with Gasteiger partial charge < -0.3 is 5.32 Å². The number of thiazole rings is 1. The predicted molar refractivity (Wildman–Crippen MR) is 75.1 cm³/mol. The number of anilines is 1. The van der Waals surface area contributed by atoms with Gasteiger partial charge in [0.2, 0.25) is 0 Å². The van der Waals surface area contributed by atoms with E-state index in [0.29, 0.717) is 17.9 Å². The Morgan fingerprint density at radius 1 is 1.21 bits per heavy atom. The lowest BCUT2D eigenvalue weighted by Crippen LogP contribution is -2.08. The van der Waals surface area contributed by atoms with Gasteiger partial charge in [-0.25, -0.2) is 4.98 Å². The molecule has 0 bridgehead atoms. The Bertz CT molecular complexity index is 654. The molecule has 0 aromatic carbocycles. The van der Waals surface area contributed by atoms with Gasteiger partial charge in [-0.2, -0.15) is 10.4 Å². The van der Waals surface area contributed by atoms with Gasteiger partial charge >= 0.3 is 0 Å². The van der Waals surface area contributed by atoms with E-state index in [1.54, 1.807) is 11.3 Å². The van der Waals surface area contributed by atoms with Crippen molar-refractivity contribution in [2.24, 2.45) is 0 Å². The summed E-state index contributed by atoms with van der Waals surface area (Å²) >= 11 is 1.67. The van der Waals surface area contributed by atoms with Crippen molar-refractivity contribution in [3.05, 3.63) is 32.4 Å². The highest BCUT2D eigenvalue weighted by molar-refractivity contribution is 7.11. The molecule has 0 fully saturated rings. The number of hydrogen-bond acceptors (Lipinski definition) is 6. The number of aryl methyl sites for hydroxylation is 3. The maximum absolute atomic E-state index is 9.21. The summed E-state index contributed by atoms with van der Waals surface area (Å²) in [5.41, 5.74) is 3.19. The topological polar surface area (TPSA) is 74.5 Å². The number of nitrogens with one attached hydrogen (secondary N) is 1. The van der Waals surface area contributed by atoms with Crippen molar-refractivity contribution in [1.82, 2.24) is 15.2 Å². The van der Waals surface area contributed by atoms with E-state index in [1.165, 1.54) is 4.88 Å². The third-order valence-electron chi connectivity index (χ3n) is 2.99. The second kappa shape index (κ2) is 5.33. The van der Waals surface area contributed by atoms with Crippen LogP contribution in [0.15, 0.2) is 0 Å². The molecule has 2 rings (SSSR count). The van der Waals surface area contributed by atoms with Gasteiger partial charge in [0, 0.05) is 4.88 Å². The highest BCUT2D eigenvalue weighted by Gasteiger charge is 2.11. The molecule has 5 nitrogen and oxygen atoms in total. The summed E-state index contributed by atoms with van der Waals surface area (Å²) in [7, 11) is 0. The Hall–Kier alpha value is -2.00. The molecule has 0 saturated carbocycles. The van der Waals surface area contributed by atoms with Crippen molar-refractivity contribution < 1.29 is 0 Å². The summed E-state index contributed by atoms with van der Waals surface area (Å²) in [5, 5.41) is 21.5. The second-order valence-electron chi connectivity index (χ2n) is 4.34. The molecule has 98 valence electrons. The van der Waals surface area contributed by atoms with Crippen LogP contribution in [0.3, 0.4) is 0 Å². The molecule has 2 heterocycles. The normalized spacial score (nSPS) is 10.3. The minimum Gasteiger partial charge on any atom is -0.362 e. The first-order valence-electron chi connectivity index (χ1n) is 5.93. The first-order chi connectivity index (χ1) is 9.02. The fourth-order valence-electron chi connectivity index (χ4n) is 1.77. The molecule has 19 heavy (non-hydrogen) atoms. The minimum atomic E-state index is 0.524. The monoisotopic (exact) mass is 273 g/mol. The molecule has 0 atom stereocenters. The SMILES string of the molecule is Cc1nc(CNc2nnc(C)c(C)c2C#N)c(C)s1. The third-order valence-corrected chi connectivity index (χ3v) is 3.92. The maximum atomic E-state index is 9.21. The van der Waals surface area contributed by atoms with E-state index < -0.39 is 0 Å². The lowest BCUT2D eigenvalue weighted by atomic mass is 10.1. The Morgan fingerprint density at radius 2 is 1.95 bits per heavy atom. The van der Waals surface area contributed by atoms with Gasteiger partial charge in [-0.3, -0.25) is 0 Å². The lowest BCUT2D eigenvalue weighted by molar-refractivity contribution is 0.931. The molecule has 6 heteroatoms. The highest BCUT2D eigenvalue weighted by Crippen LogP contribution is 2.20. The molecule has 0 unspecified atom stereocenters. The second-order valence-corrected chi connectivity index (χ2v) is 5.74. The average molecular weight is 273 g/mol. The lowest BCUT2D eigenvalue weighted by Gasteiger charge is -2.08. The van der Waals surface area contributed by atoms with E-state index in [4.69, 9.17) is 0 Å². The van der Waals surface area contributed by atoms with Gasteiger partial charge in [-0.05, 0) is 33.3 Å². The van der Waals surface area contributed by atoms with Crippen LogP contribution < -0.4 is 5.32 Å². The highest BCUT2D eigenvalue weighted by atomic mass is 32.1. The molecule has 1 N–H and O–H groups in total. The zero-order chi connectivity index (χ0) is 14.0. The molecule has 0 amide bonds. The summed E-state index contributed by atoms with van der Waals surface area (Å²) in [6.07, 6.45) is 0. The number of nitrogens with zero attached hydrogens (tertiary/aromatic N) is 4. The molecular formula is C13H15N5S.